The van der Waals surface area contributed by atoms with Crippen molar-refractivity contribution in [3.8, 4) is 0 Å². The molecule has 0 aliphatic carbocycles. The lowest BCUT2D eigenvalue weighted by Gasteiger charge is -2.15. The average molecular weight is 248 g/mol. The van der Waals surface area contributed by atoms with Crippen molar-refractivity contribution in [1.82, 2.24) is 0 Å². The topological polar surface area (TPSA) is 34.1 Å². The van der Waals surface area contributed by atoms with E-state index in [2.05, 4.69) is 0 Å². The van der Waals surface area contributed by atoms with Gasteiger partial charge in [0.15, 0.2) is 9.84 Å². The fraction of sp³-hybridized carbons (Fsp3) is 0.200. The third-order valence-corrected chi connectivity index (χ3v) is 3.62. The van der Waals surface area contributed by atoms with Gasteiger partial charge in [-0.3, -0.25) is 0 Å². The summed E-state index contributed by atoms with van der Waals surface area (Å²) in [5.41, 5.74) is 0.329. The zero-order valence-electron chi connectivity index (χ0n) is 7.95. The van der Waals surface area contributed by atoms with Crippen LogP contribution in [0, 0.1) is 0 Å². The molecule has 1 aromatic rings. The minimum Gasteiger partial charge on any atom is -0.224 e. The second kappa shape index (κ2) is 3.35. The number of hydrogen-bond acceptors (Lipinski definition) is 2. The van der Waals surface area contributed by atoms with Gasteiger partial charge in [0.25, 0.3) is 0 Å². The molecule has 6 heteroatoms. The lowest BCUT2D eigenvalue weighted by molar-refractivity contribution is -0.137. The van der Waals surface area contributed by atoms with Gasteiger partial charge < -0.3 is 0 Å². The van der Waals surface area contributed by atoms with Crippen molar-refractivity contribution in [2.24, 2.45) is 0 Å². The van der Waals surface area contributed by atoms with Crippen LogP contribution in [-0.2, 0) is 16.0 Å². The maximum absolute atomic E-state index is 12.2. The Morgan fingerprint density at radius 2 is 1.56 bits per heavy atom. The lowest BCUT2D eigenvalue weighted by atomic mass is 10.1. The minimum absolute atomic E-state index is 0.0988. The van der Waals surface area contributed by atoms with Crippen molar-refractivity contribution in [3.05, 3.63) is 40.8 Å². The Kier molecular flexibility index (Phi) is 2.34. The number of alkyl halides is 3. The van der Waals surface area contributed by atoms with Crippen LogP contribution in [0.15, 0.2) is 29.7 Å². The van der Waals surface area contributed by atoms with Crippen molar-refractivity contribution in [1.29, 1.82) is 0 Å². The van der Waals surface area contributed by atoms with Crippen LogP contribution in [0.25, 0.3) is 5.57 Å². The summed E-state index contributed by atoms with van der Waals surface area (Å²) in [6.07, 6.45) is -4.36. The molecule has 0 saturated carbocycles. The predicted molar refractivity (Wildman–Crippen MR) is 53.2 cm³/mol. The first kappa shape index (κ1) is 11.2. The van der Waals surface area contributed by atoms with Crippen LogP contribution in [0.3, 0.4) is 0 Å². The van der Waals surface area contributed by atoms with Gasteiger partial charge in [0.2, 0.25) is 0 Å². The Labute approximate surface area is 90.3 Å². The molecule has 0 fully saturated rings. The zero-order chi connectivity index (χ0) is 12.0. The van der Waals surface area contributed by atoms with E-state index in [9.17, 15) is 21.6 Å². The van der Waals surface area contributed by atoms with E-state index in [4.69, 9.17) is 0 Å². The predicted octanol–water partition coefficient (Wildman–Crippen LogP) is 2.47. The Morgan fingerprint density at radius 3 is 1.94 bits per heavy atom. The van der Waals surface area contributed by atoms with Crippen LogP contribution in [-0.4, -0.2) is 14.2 Å². The molecule has 0 atom stereocenters. The number of rotatable bonds is 1. The molecule has 2 nitrogen and oxygen atoms in total. The molecule has 1 aliphatic rings. The van der Waals surface area contributed by atoms with E-state index in [-0.39, 0.29) is 5.75 Å². The van der Waals surface area contributed by atoms with Gasteiger partial charge in [-0.05, 0) is 23.3 Å². The van der Waals surface area contributed by atoms with Crippen molar-refractivity contribution >= 4 is 15.4 Å². The van der Waals surface area contributed by atoms with Gasteiger partial charge in [-0.1, -0.05) is 12.1 Å². The van der Waals surface area contributed by atoms with Crippen LogP contribution in [0.4, 0.5) is 13.2 Å². The summed E-state index contributed by atoms with van der Waals surface area (Å²) in [5.74, 6) is -0.0988. The SMILES string of the molecule is O=S1(=O)C=C(c2ccc(C(F)(F)F)cc2)C1. The minimum atomic E-state index is -4.36. The number of sulfone groups is 1. The summed E-state index contributed by atoms with van der Waals surface area (Å²) in [4.78, 5) is 0. The van der Waals surface area contributed by atoms with E-state index in [1.807, 2.05) is 0 Å². The van der Waals surface area contributed by atoms with Crippen LogP contribution >= 0.6 is 0 Å². The first-order valence-electron chi connectivity index (χ1n) is 4.39. The Morgan fingerprint density at radius 1 is 1.06 bits per heavy atom. The van der Waals surface area contributed by atoms with Crippen molar-refractivity contribution < 1.29 is 21.6 Å². The largest absolute Gasteiger partial charge is 0.416 e. The molecule has 1 heterocycles. The van der Waals surface area contributed by atoms with E-state index in [0.717, 1.165) is 17.5 Å². The molecule has 1 aromatic carbocycles. The van der Waals surface area contributed by atoms with E-state index < -0.39 is 21.6 Å². The second-order valence-corrected chi connectivity index (χ2v) is 5.38. The summed E-state index contributed by atoms with van der Waals surface area (Å²) in [6, 6.07) is 4.45. The molecule has 0 spiro atoms. The quantitative estimate of drug-likeness (QED) is 0.765. The Bertz CT molecular complexity index is 538. The van der Waals surface area contributed by atoms with Crippen molar-refractivity contribution in [3.63, 3.8) is 0 Å². The standard InChI is InChI=1S/C10H7F3O2S/c11-10(12,13)9-3-1-7(2-4-9)8-5-16(14,15)6-8/h1-5H,6H2. The maximum atomic E-state index is 12.2. The molecule has 0 N–H and O–H groups in total. The molecule has 0 amide bonds. The van der Waals surface area contributed by atoms with Crippen molar-refractivity contribution in [2.45, 2.75) is 6.18 Å². The van der Waals surface area contributed by atoms with Gasteiger partial charge in [0.1, 0.15) is 0 Å². The summed E-state index contributed by atoms with van der Waals surface area (Å²) in [5, 5.41) is 1.08. The second-order valence-electron chi connectivity index (χ2n) is 3.53. The summed E-state index contributed by atoms with van der Waals surface area (Å²) in [6.45, 7) is 0. The van der Waals surface area contributed by atoms with E-state index in [0.29, 0.717) is 11.1 Å². The molecular formula is C10H7F3O2S. The van der Waals surface area contributed by atoms with Gasteiger partial charge in [-0.2, -0.15) is 13.2 Å². The van der Waals surface area contributed by atoms with E-state index >= 15 is 0 Å². The van der Waals surface area contributed by atoms with Gasteiger partial charge in [0.05, 0.1) is 11.3 Å². The third-order valence-electron chi connectivity index (χ3n) is 2.26. The Hall–Kier alpha value is -1.30. The molecule has 0 bridgehead atoms. The molecule has 0 saturated heterocycles. The monoisotopic (exact) mass is 248 g/mol. The highest BCUT2D eigenvalue weighted by atomic mass is 32.2. The van der Waals surface area contributed by atoms with Crippen LogP contribution in [0.2, 0.25) is 0 Å². The highest BCUT2D eigenvalue weighted by Gasteiger charge is 2.30. The third kappa shape index (κ3) is 2.11. The van der Waals surface area contributed by atoms with Gasteiger partial charge >= 0.3 is 6.18 Å². The normalized spacial score (nSPS) is 18.8. The first-order valence-corrected chi connectivity index (χ1v) is 6.10. The summed E-state index contributed by atoms with van der Waals surface area (Å²) >= 11 is 0. The lowest BCUT2D eigenvalue weighted by Crippen LogP contribution is -2.15. The van der Waals surface area contributed by atoms with Gasteiger partial charge in [-0.15, -0.1) is 0 Å². The summed E-state index contributed by atoms with van der Waals surface area (Å²) < 4.78 is 58.4. The van der Waals surface area contributed by atoms with Crippen LogP contribution in [0.5, 0.6) is 0 Å². The fourth-order valence-corrected chi connectivity index (χ4v) is 2.56. The van der Waals surface area contributed by atoms with E-state index in [1.54, 1.807) is 0 Å². The van der Waals surface area contributed by atoms with Gasteiger partial charge in [-0.25, -0.2) is 8.42 Å². The molecule has 16 heavy (non-hydrogen) atoms. The van der Waals surface area contributed by atoms with Gasteiger partial charge in [0, 0.05) is 5.41 Å². The molecule has 86 valence electrons. The molecule has 0 unspecified atom stereocenters. The van der Waals surface area contributed by atoms with E-state index in [1.165, 1.54) is 12.1 Å². The smallest absolute Gasteiger partial charge is 0.224 e. The molecule has 2 rings (SSSR count). The van der Waals surface area contributed by atoms with Crippen LogP contribution in [0.1, 0.15) is 11.1 Å². The van der Waals surface area contributed by atoms with Crippen LogP contribution < -0.4 is 0 Å². The Balaban J connectivity index is 2.29. The van der Waals surface area contributed by atoms with Crippen molar-refractivity contribution in [2.75, 3.05) is 5.75 Å². The summed E-state index contributed by atoms with van der Waals surface area (Å²) in [7, 11) is -3.10. The first-order chi connectivity index (χ1) is 7.28. The maximum Gasteiger partial charge on any atom is 0.416 e. The fourth-order valence-electron chi connectivity index (χ4n) is 1.43. The number of halogens is 3. The molecular weight excluding hydrogens is 241 g/mol. The highest BCUT2D eigenvalue weighted by molar-refractivity contribution is 7.96. The zero-order valence-corrected chi connectivity index (χ0v) is 8.77. The molecule has 0 aromatic heterocycles. The number of benzene rings is 1. The number of hydrogen-bond donors (Lipinski definition) is 0. The average Bonchev–Trinajstić information content (AvgIpc) is 2.13. The molecule has 1 aliphatic heterocycles. The highest BCUT2D eigenvalue weighted by Crippen LogP contribution is 2.32. The molecule has 0 radical (unpaired) electrons.